The molecule has 1 saturated heterocycles. The molecule has 10 nitrogen and oxygen atoms in total. The highest BCUT2D eigenvalue weighted by molar-refractivity contribution is 7.90. The fourth-order valence-electron chi connectivity index (χ4n) is 5.18. The number of carbonyl (C=O) groups excluding carboxylic acids is 2. The number of nitriles is 1. The third-order valence-corrected chi connectivity index (χ3v) is 8.06. The van der Waals surface area contributed by atoms with Crippen LogP contribution in [0.3, 0.4) is 0 Å². The number of benzene rings is 2. The van der Waals surface area contributed by atoms with Crippen LogP contribution in [0, 0.1) is 17.9 Å². The van der Waals surface area contributed by atoms with Crippen LogP contribution >= 0.6 is 0 Å². The molecule has 4 amide bonds. The van der Waals surface area contributed by atoms with Crippen molar-refractivity contribution in [1.82, 2.24) is 9.80 Å². The van der Waals surface area contributed by atoms with E-state index in [9.17, 15) is 36.4 Å². The summed E-state index contributed by atoms with van der Waals surface area (Å²) in [7, 11) is -4.06. The number of alkyl halides is 3. The number of hydrogen-bond acceptors (Lipinski definition) is 6. The number of halogens is 3. The summed E-state index contributed by atoms with van der Waals surface area (Å²) in [6.45, 7) is 12.9. The van der Waals surface area contributed by atoms with E-state index >= 15 is 0 Å². The van der Waals surface area contributed by atoms with Crippen LogP contribution < -0.4 is 4.90 Å². The summed E-state index contributed by atoms with van der Waals surface area (Å²) in [6.07, 6.45) is -4.69. The van der Waals surface area contributed by atoms with E-state index in [0.29, 0.717) is 4.90 Å². The fraction of sp³-hybridized carbons (Fsp3) is 0.357. The van der Waals surface area contributed by atoms with Gasteiger partial charge in [0, 0.05) is 30.7 Å². The minimum atomic E-state index is -4.74. The monoisotopic (exact) mass is 601 g/mol. The average Bonchev–Trinajstić information content (AvgIpc) is 2.91. The third-order valence-electron chi connectivity index (χ3n) is 6.91. The molecule has 0 aliphatic carbocycles. The molecule has 0 bridgehead atoms. The van der Waals surface area contributed by atoms with E-state index in [-0.39, 0.29) is 46.2 Å². The van der Waals surface area contributed by atoms with E-state index in [2.05, 4.69) is 4.85 Å². The lowest BCUT2D eigenvalue weighted by Gasteiger charge is -2.44. The maximum Gasteiger partial charge on any atom is 0.416 e. The van der Waals surface area contributed by atoms with Crippen LogP contribution in [-0.2, 0) is 20.8 Å². The number of nitrogens with zero attached hydrogens (tertiary/aromatic N) is 5. The molecule has 2 aliphatic rings. The Hall–Kier alpha value is -4.40. The molecule has 2 aromatic rings. The summed E-state index contributed by atoms with van der Waals surface area (Å²) in [6, 6.07) is 5.86. The molecular weight excluding hydrogens is 575 g/mol. The van der Waals surface area contributed by atoms with Crippen LogP contribution in [0.1, 0.15) is 43.5 Å². The topological polar surface area (TPSA) is 115 Å². The molecule has 0 radical (unpaired) electrons. The Bertz CT molecular complexity index is 1670. The quantitative estimate of drug-likeness (QED) is 0.439. The summed E-state index contributed by atoms with van der Waals surface area (Å²) in [4.78, 5) is 34.4. The molecule has 2 aliphatic heterocycles. The van der Waals surface area contributed by atoms with Gasteiger partial charge in [0.15, 0.2) is 9.84 Å². The van der Waals surface area contributed by atoms with Gasteiger partial charge in [-0.25, -0.2) is 27.8 Å². The lowest BCUT2D eigenvalue weighted by Crippen LogP contribution is -2.59. The van der Waals surface area contributed by atoms with E-state index < -0.39 is 51.9 Å². The number of ether oxygens (including phenoxy) is 1. The standard InChI is InChI=1S/C28H26F3N5O5S/c1-16-14-34(15-17(2)41-16)26(37)36-25(22-10-9-19(13-32)11-23(22)42(5,39)40)24(33-4)18(3)35(27(36)38)21-8-6-7-20(12-21)28(29,30)31/h6-12,16-17,25H,14-15H2,1-3,5H3/t16?,17?,25-/m1/s1. The zero-order valence-corrected chi connectivity index (χ0v) is 23.8. The second-order valence-electron chi connectivity index (χ2n) is 10.1. The van der Waals surface area contributed by atoms with E-state index in [1.807, 2.05) is 6.07 Å². The smallest absolute Gasteiger partial charge is 0.372 e. The molecule has 2 heterocycles. The molecule has 4 rings (SSSR count). The van der Waals surface area contributed by atoms with Gasteiger partial charge in [-0.2, -0.15) is 18.4 Å². The lowest BCUT2D eigenvalue weighted by molar-refractivity contribution is -0.137. The number of imide groups is 1. The van der Waals surface area contributed by atoms with Crippen LogP contribution in [0.5, 0.6) is 0 Å². The molecular formula is C28H26F3N5O5S. The molecule has 2 aromatic carbocycles. The van der Waals surface area contributed by atoms with Crippen LogP contribution in [0.25, 0.3) is 4.85 Å². The maximum atomic E-state index is 14.2. The Morgan fingerprint density at radius 2 is 1.79 bits per heavy atom. The molecule has 1 fully saturated rings. The van der Waals surface area contributed by atoms with E-state index in [4.69, 9.17) is 11.3 Å². The van der Waals surface area contributed by atoms with Crippen molar-refractivity contribution >= 4 is 27.6 Å². The van der Waals surface area contributed by atoms with Crippen LogP contribution in [-0.4, -0.2) is 61.8 Å². The van der Waals surface area contributed by atoms with Gasteiger partial charge in [0.05, 0.1) is 40.9 Å². The number of carbonyl (C=O) groups is 2. The van der Waals surface area contributed by atoms with Gasteiger partial charge in [0.2, 0.25) is 5.70 Å². The van der Waals surface area contributed by atoms with Crippen molar-refractivity contribution in [2.24, 2.45) is 0 Å². The Morgan fingerprint density at radius 1 is 1.14 bits per heavy atom. The maximum absolute atomic E-state index is 14.2. The van der Waals surface area contributed by atoms with Crippen LogP contribution in [0.4, 0.5) is 28.4 Å². The summed E-state index contributed by atoms with van der Waals surface area (Å²) in [5, 5.41) is 9.39. The van der Waals surface area contributed by atoms with E-state index in [0.717, 1.165) is 35.4 Å². The molecule has 220 valence electrons. The van der Waals surface area contributed by atoms with Gasteiger partial charge in [-0.05, 0) is 56.7 Å². The first-order chi connectivity index (χ1) is 19.6. The first-order valence-corrected chi connectivity index (χ1v) is 14.5. The number of urea groups is 2. The number of anilines is 1. The summed E-state index contributed by atoms with van der Waals surface area (Å²) in [5.41, 5.74) is -1.75. The van der Waals surface area contributed by atoms with Crippen molar-refractivity contribution in [3.05, 3.63) is 82.0 Å². The van der Waals surface area contributed by atoms with Gasteiger partial charge in [-0.15, -0.1) is 0 Å². The number of allylic oxidation sites excluding steroid dienone is 1. The predicted molar refractivity (Wildman–Crippen MR) is 144 cm³/mol. The summed E-state index contributed by atoms with van der Waals surface area (Å²) in [5.74, 6) is 0. The summed E-state index contributed by atoms with van der Waals surface area (Å²) >= 11 is 0. The van der Waals surface area contributed by atoms with Crippen molar-refractivity contribution in [2.75, 3.05) is 24.2 Å². The highest BCUT2D eigenvalue weighted by Gasteiger charge is 2.47. The van der Waals surface area contributed by atoms with Gasteiger partial charge in [-0.3, -0.25) is 4.90 Å². The second kappa shape index (κ2) is 11.1. The third kappa shape index (κ3) is 5.68. The number of hydrogen-bond donors (Lipinski definition) is 0. The molecule has 0 N–H and O–H groups in total. The normalized spacial score (nSPS) is 21.7. The largest absolute Gasteiger partial charge is 0.416 e. The van der Waals surface area contributed by atoms with Crippen molar-refractivity contribution in [2.45, 2.75) is 50.1 Å². The predicted octanol–water partition coefficient (Wildman–Crippen LogP) is 5.34. The SMILES string of the molecule is [C-]#[N+]C1=C(C)N(c2cccc(C(F)(F)F)c2)C(=O)N(C(=O)N2CC(C)OC(C)C2)[C@@H]1c1ccc(C#N)cc1S(C)(=O)=O. The number of amides is 4. The highest BCUT2D eigenvalue weighted by Crippen LogP contribution is 2.43. The van der Waals surface area contributed by atoms with Gasteiger partial charge < -0.3 is 9.64 Å². The van der Waals surface area contributed by atoms with Gasteiger partial charge >= 0.3 is 18.2 Å². The molecule has 0 aromatic heterocycles. The van der Waals surface area contributed by atoms with E-state index in [1.165, 1.54) is 30.0 Å². The van der Waals surface area contributed by atoms with Crippen LogP contribution in [0.2, 0.25) is 0 Å². The molecule has 0 saturated carbocycles. The fourth-order valence-corrected chi connectivity index (χ4v) is 6.13. The Labute approximate surface area is 240 Å². The molecule has 3 atom stereocenters. The van der Waals surface area contributed by atoms with Crippen LogP contribution in [0.15, 0.2) is 58.8 Å². The molecule has 42 heavy (non-hydrogen) atoms. The lowest BCUT2D eigenvalue weighted by atomic mass is 9.97. The van der Waals surface area contributed by atoms with Gasteiger partial charge in [0.1, 0.15) is 6.04 Å². The second-order valence-corrected chi connectivity index (χ2v) is 12.1. The minimum absolute atomic E-state index is 0.00864. The average molecular weight is 602 g/mol. The Balaban J connectivity index is 2.01. The molecule has 2 unspecified atom stereocenters. The number of rotatable bonds is 3. The van der Waals surface area contributed by atoms with Crippen molar-refractivity contribution in [1.29, 1.82) is 5.26 Å². The van der Waals surface area contributed by atoms with Crippen molar-refractivity contribution in [3.63, 3.8) is 0 Å². The van der Waals surface area contributed by atoms with Crippen molar-refractivity contribution < 1.29 is 35.9 Å². The zero-order valence-electron chi connectivity index (χ0n) is 23.0. The molecule has 14 heteroatoms. The van der Waals surface area contributed by atoms with E-state index in [1.54, 1.807) is 13.8 Å². The summed E-state index contributed by atoms with van der Waals surface area (Å²) < 4.78 is 72.1. The van der Waals surface area contributed by atoms with Crippen molar-refractivity contribution in [3.8, 4) is 6.07 Å². The van der Waals surface area contributed by atoms with Gasteiger partial charge in [-0.1, -0.05) is 12.1 Å². The molecule has 0 spiro atoms. The highest BCUT2D eigenvalue weighted by atomic mass is 32.2. The van der Waals surface area contributed by atoms with Gasteiger partial charge in [0.25, 0.3) is 0 Å². The number of sulfone groups is 1. The number of morpholine rings is 1. The minimum Gasteiger partial charge on any atom is -0.372 e. The Kier molecular flexibility index (Phi) is 8.09. The first-order valence-electron chi connectivity index (χ1n) is 12.7. The zero-order chi connectivity index (χ0) is 31.1. The Morgan fingerprint density at radius 3 is 2.33 bits per heavy atom. The first kappa shape index (κ1) is 30.6.